The van der Waals surface area contributed by atoms with Gasteiger partial charge in [-0.15, -0.1) is 0 Å². The molecule has 0 radical (unpaired) electrons. The van der Waals surface area contributed by atoms with Gasteiger partial charge in [-0.25, -0.2) is 0 Å². The van der Waals surface area contributed by atoms with E-state index in [2.05, 4.69) is 12.2 Å². The molecule has 1 unspecified atom stereocenters. The summed E-state index contributed by atoms with van der Waals surface area (Å²) in [5.41, 5.74) is 5.15. The zero-order valence-electron chi connectivity index (χ0n) is 10.2. The van der Waals surface area contributed by atoms with Crippen molar-refractivity contribution < 1.29 is 9.53 Å². The van der Waals surface area contributed by atoms with Gasteiger partial charge in [0.05, 0.1) is 23.1 Å². The van der Waals surface area contributed by atoms with Crippen molar-refractivity contribution in [1.29, 1.82) is 0 Å². The molecule has 96 valence electrons. The second kappa shape index (κ2) is 4.90. The SMILES string of the molecule is CC1CC(C(=O)NC2CCCOC2)(C(N)=S)C1. The molecule has 5 heteroatoms. The maximum atomic E-state index is 12.3. The van der Waals surface area contributed by atoms with E-state index in [-0.39, 0.29) is 11.9 Å². The van der Waals surface area contributed by atoms with E-state index in [1.165, 1.54) is 0 Å². The Balaban J connectivity index is 1.95. The number of hydrogen-bond donors (Lipinski definition) is 2. The number of ether oxygens (including phenoxy) is 1. The third kappa shape index (κ3) is 2.45. The van der Waals surface area contributed by atoms with Crippen LogP contribution in [-0.2, 0) is 9.53 Å². The largest absolute Gasteiger partial charge is 0.392 e. The molecule has 1 heterocycles. The number of carbonyl (C=O) groups excluding carboxylic acids is 1. The fraction of sp³-hybridized carbons (Fsp3) is 0.833. The summed E-state index contributed by atoms with van der Waals surface area (Å²) in [5.74, 6) is 0.531. The quantitative estimate of drug-likeness (QED) is 0.739. The molecule has 2 aliphatic rings. The first-order valence-corrected chi connectivity index (χ1v) is 6.64. The molecule has 1 aliphatic heterocycles. The van der Waals surface area contributed by atoms with Gasteiger partial charge in [-0.1, -0.05) is 19.1 Å². The molecule has 2 rings (SSSR count). The highest BCUT2D eigenvalue weighted by Crippen LogP contribution is 2.46. The highest BCUT2D eigenvalue weighted by Gasteiger charge is 2.51. The molecule has 0 aromatic carbocycles. The van der Waals surface area contributed by atoms with Gasteiger partial charge in [-0.2, -0.15) is 0 Å². The van der Waals surface area contributed by atoms with Gasteiger partial charge in [0, 0.05) is 6.61 Å². The Hall–Kier alpha value is -0.680. The predicted molar refractivity (Wildman–Crippen MR) is 69.6 cm³/mol. The molecule has 1 amide bonds. The van der Waals surface area contributed by atoms with E-state index in [1.54, 1.807) is 0 Å². The lowest BCUT2D eigenvalue weighted by molar-refractivity contribution is -0.134. The number of carbonyl (C=O) groups is 1. The first kappa shape index (κ1) is 12.8. The predicted octanol–water partition coefficient (Wildman–Crippen LogP) is 0.984. The Morgan fingerprint density at radius 3 is 2.71 bits per heavy atom. The summed E-state index contributed by atoms with van der Waals surface area (Å²) in [5, 5.41) is 3.03. The number of hydrogen-bond acceptors (Lipinski definition) is 3. The molecular formula is C12H20N2O2S. The minimum Gasteiger partial charge on any atom is -0.392 e. The van der Waals surface area contributed by atoms with Gasteiger partial charge in [0.15, 0.2) is 0 Å². The topological polar surface area (TPSA) is 64.3 Å². The van der Waals surface area contributed by atoms with E-state index in [1.807, 2.05) is 0 Å². The van der Waals surface area contributed by atoms with Crippen molar-refractivity contribution in [1.82, 2.24) is 5.32 Å². The Morgan fingerprint density at radius 1 is 1.53 bits per heavy atom. The maximum absolute atomic E-state index is 12.3. The zero-order valence-corrected chi connectivity index (χ0v) is 11.0. The minimum absolute atomic E-state index is 0.00130. The van der Waals surface area contributed by atoms with Crippen LogP contribution in [0.3, 0.4) is 0 Å². The molecule has 0 spiro atoms. The molecule has 17 heavy (non-hydrogen) atoms. The summed E-state index contributed by atoms with van der Waals surface area (Å²) in [4.78, 5) is 12.6. The van der Waals surface area contributed by atoms with Crippen LogP contribution >= 0.6 is 12.2 Å². The Kier molecular flexibility index (Phi) is 3.68. The maximum Gasteiger partial charge on any atom is 0.233 e. The van der Waals surface area contributed by atoms with Crippen LogP contribution in [0.2, 0.25) is 0 Å². The normalized spacial score (nSPS) is 37.0. The van der Waals surface area contributed by atoms with E-state index in [0.717, 1.165) is 32.3 Å². The van der Waals surface area contributed by atoms with Crippen LogP contribution in [-0.4, -0.2) is 30.2 Å². The van der Waals surface area contributed by atoms with Crippen molar-refractivity contribution >= 4 is 23.1 Å². The van der Waals surface area contributed by atoms with Gasteiger partial charge in [0.2, 0.25) is 5.91 Å². The van der Waals surface area contributed by atoms with Crippen LogP contribution in [0.15, 0.2) is 0 Å². The summed E-state index contributed by atoms with van der Waals surface area (Å²) in [7, 11) is 0. The lowest BCUT2D eigenvalue weighted by atomic mass is 9.62. The van der Waals surface area contributed by atoms with Crippen molar-refractivity contribution in [3.63, 3.8) is 0 Å². The van der Waals surface area contributed by atoms with Crippen LogP contribution < -0.4 is 11.1 Å². The fourth-order valence-corrected chi connectivity index (χ4v) is 3.07. The molecule has 1 aliphatic carbocycles. The minimum atomic E-state index is -0.591. The number of rotatable bonds is 3. The van der Waals surface area contributed by atoms with Crippen LogP contribution in [0.4, 0.5) is 0 Å². The van der Waals surface area contributed by atoms with E-state index < -0.39 is 5.41 Å². The first-order chi connectivity index (χ1) is 8.04. The van der Waals surface area contributed by atoms with Gasteiger partial charge in [-0.3, -0.25) is 4.79 Å². The molecule has 1 atom stereocenters. The third-order valence-electron chi connectivity index (χ3n) is 3.80. The molecule has 4 nitrogen and oxygen atoms in total. The molecule has 0 aromatic heterocycles. The first-order valence-electron chi connectivity index (χ1n) is 6.23. The van der Waals surface area contributed by atoms with Crippen LogP contribution in [0.1, 0.15) is 32.6 Å². The van der Waals surface area contributed by atoms with Crippen LogP contribution in [0.25, 0.3) is 0 Å². The van der Waals surface area contributed by atoms with E-state index in [0.29, 0.717) is 17.5 Å². The number of nitrogens with one attached hydrogen (secondary N) is 1. The Bertz CT molecular complexity index is 320. The molecular weight excluding hydrogens is 236 g/mol. The third-order valence-corrected chi connectivity index (χ3v) is 4.19. The van der Waals surface area contributed by atoms with E-state index in [9.17, 15) is 4.79 Å². The Morgan fingerprint density at radius 2 is 2.24 bits per heavy atom. The number of nitrogens with two attached hydrogens (primary N) is 1. The molecule has 2 fully saturated rings. The summed E-state index contributed by atoms with van der Waals surface area (Å²) in [6.45, 7) is 3.52. The standard InChI is InChI=1S/C12H20N2O2S/c1-8-5-12(6-8,10(13)17)11(15)14-9-3-2-4-16-7-9/h8-9H,2-7H2,1H3,(H2,13,17)(H,14,15). The zero-order chi connectivity index (χ0) is 12.5. The number of amides is 1. The van der Waals surface area contributed by atoms with Crippen molar-refractivity contribution in [3.8, 4) is 0 Å². The second-order valence-electron chi connectivity index (χ2n) is 5.35. The van der Waals surface area contributed by atoms with E-state index >= 15 is 0 Å². The average Bonchev–Trinajstić information content (AvgIpc) is 2.25. The average molecular weight is 256 g/mol. The summed E-state index contributed by atoms with van der Waals surface area (Å²) < 4.78 is 5.35. The molecule has 3 N–H and O–H groups in total. The van der Waals surface area contributed by atoms with Crippen molar-refractivity contribution in [2.24, 2.45) is 17.1 Å². The smallest absolute Gasteiger partial charge is 0.233 e. The fourth-order valence-electron chi connectivity index (χ4n) is 2.81. The van der Waals surface area contributed by atoms with Gasteiger partial charge >= 0.3 is 0 Å². The number of thiocarbonyl (C=S) groups is 1. The molecule has 0 aromatic rings. The molecule has 0 bridgehead atoms. The highest BCUT2D eigenvalue weighted by atomic mass is 32.1. The lowest BCUT2D eigenvalue weighted by Gasteiger charge is -2.44. The monoisotopic (exact) mass is 256 g/mol. The molecule has 1 saturated carbocycles. The summed E-state index contributed by atoms with van der Waals surface area (Å²) >= 11 is 5.06. The van der Waals surface area contributed by atoms with Crippen LogP contribution in [0, 0.1) is 11.3 Å². The van der Waals surface area contributed by atoms with Gasteiger partial charge < -0.3 is 15.8 Å². The van der Waals surface area contributed by atoms with Gasteiger partial charge in [0.25, 0.3) is 0 Å². The van der Waals surface area contributed by atoms with Crippen LogP contribution in [0.5, 0.6) is 0 Å². The van der Waals surface area contributed by atoms with Gasteiger partial charge in [-0.05, 0) is 31.6 Å². The van der Waals surface area contributed by atoms with Gasteiger partial charge in [0.1, 0.15) is 0 Å². The highest BCUT2D eigenvalue weighted by molar-refractivity contribution is 7.80. The summed E-state index contributed by atoms with van der Waals surface area (Å²) in [6, 6.07) is 0.124. The Labute approximate surface area is 107 Å². The van der Waals surface area contributed by atoms with Crippen molar-refractivity contribution in [3.05, 3.63) is 0 Å². The van der Waals surface area contributed by atoms with E-state index in [4.69, 9.17) is 22.7 Å². The van der Waals surface area contributed by atoms with Crippen molar-refractivity contribution in [2.45, 2.75) is 38.6 Å². The molecule has 1 saturated heterocycles. The lowest BCUT2D eigenvalue weighted by Crippen LogP contribution is -2.58. The van der Waals surface area contributed by atoms with Crippen molar-refractivity contribution in [2.75, 3.05) is 13.2 Å². The summed E-state index contributed by atoms with van der Waals surface area (Å²) in [6.07, 6.45) is 3.54. The second-order valence-corrected chi connectivity index (χ2v) is 5.79.